The fraction of sp³-hybridized carbons (Fsp3) is 0.833. The van der Waals surface area contributed by atoms with Crippen LogP contribution >= 0.6 is 0 Å². The Balaban J connectivity index is 3.28. The zero-order valence-electron chi connectivity index (χ0n) is 11.2. The number of alkyl halides is 6. The molecule has 1 rings (SSSR count). The van der Waals surface area contributed by atoms with Gasteiger partial charge in [0, 0.05) is 7.11 Å². The van der Waals surface area contributed by atoms with Crippen LogP contribution in [0, 0.1) is 5.41 Å². The van der Waals surface area contributed by atoms with Crippen molar-refractivity contribution in [3.8, 4) is 0 Å². The molecule has 0 aromatic heterocycles. The lowest BCUT2D eigenvalue weighted by atomic mass is 9.74. The number of hydrogen-bond donors (Lipinski definition) is 1. The molecule has 2 nitrogen and oxygen atoms in total. The molecule has 0 aromatic carbocycles. The Morgan fingerprint density at radius 2 is 1.60 bits per heavy atom. The Morgan fingerprint density at radius 1 is 1.05 bits per heavy atom. The molecule has 1 aliphatic heterocycles. The highest BCUT2D eigenvalue weighted by Gasteiger charge is 2.80. The van der Waals surface area contributed by atoms with Crippen LogP contribution in [0.15, 0.2) is 12.3 Å². The lowest BCUT2D eigenvalue weighted by Crippen LogP contribution is -2.66. The number of methoxy groups -OCH3 is 1. The number of ether oxygens (including phenoxy) is 1. The van der Waals surface area contributed by atoms with Gasteiger partial charge in [0.2, 0.25) is 5.41 Å². The quantitative estimate of drug-likeness (QED) is 0.609. The van der Waals surface area contributed by atoms with E-state index in [0.717, 1.165) is 7.11 Å². The van der Waals surface area contributed by atoms with Gasteiger partial charge in [-0.3, -0.25) is 0 Å². The second-order valence-corrected chi connectivity index (χ2v) is 4.77. The first kappa shape index (κ1) is 17.1. The fourth-order valence-corrected chi connectivity index (χ4v) is 2.57. The first-order chi connectivity index (χ1) is 9.08. The maximum absolute atomic E-state index is 13.2. The van der Waals surface area contributed by atoms with Crippen LogP contribution < -0.4 is 5.32 Å². The van der Waals surface area contributed by atoms with Crippen LogP contribution in [0.4, 0.5) is 26.3 Å². The molecule has 0 spiro atoms. The van der Waals surface area contributed by atoms with Gasteiger partial charge >= 0.3 is 12.4 Å². The smallest absolute Gasteiger partial charge is 0.363 e. The minimum Gasteiger partial charge on any atom is -0.363 e. The van der Waals surface area contributed by atoms with Crippen molar-refractivity contribution in [2.24, 2.45) is 5.41 Å². The van der Waals surface area contributed by atoms with E-state index < -0.39 is 23.5 Å². The number of unbranched alkanes of at least 4 members (excludes halogenated alkanes) is 2. The molecule has 0 radical (unpaired) electrons. The number of hydrogen-bond acceptors (Lipinski definition) is 2. The molecule has 0 aliphatic carbocycles. The average molecular weight is 305 g/mol. The van der Waals surface area contributed by atoms with Gasteiger partial charge in [0.05, 0.1) is 0 Å². The fourth-order valence-electron chi connectivity index (χ4n) is 2.57. The molecule has 0 fully saturated rings. The minimum atomic E-state index is -5.51. The topological polar surface area (TPSA) is 21.3 Å². The van der Waals surface area contributed by atoms with Crippen molar-refractivity contribution in [3.63, 3.8) is 0 Å². The van der Waals surface area contributed by atoms with Gasteiger partial charge in [-0.1, -0.05) is 19.8 Å². The molecule has 0 saturated carbocycles. The van der Waals surface area contributed by atoms with Crippen LogP contribution in [0.5, 0.6) is 0 Å². The second-order valence-electron chi connectivity index (χ2n) is 4.77. The van der Waals surface area contributed by atoms with Crippen LogP contribution in [0.1, 0.15) is 32.6 Å². The van der Waals surface area contributed by atoms with Gasteiger partial charge < -0.3 is 10.1 Å². The van der Waals surface area contributed by atoms with E-state index in [1.165, 1.54) is 0 Å². The summed E-state index contributed by atoms with van der Waals surface area (Å²) in [7, 11) is 0.859. The van der Waals surface area contributed by atoms with Crippen molar-refractivity contribution in [2.45, 2.75) is 50.7 Å². The Kier molecular flexibility index (Phi) is 4.68. The molecule has 0 saturated heterocycles. The van der Waals surface area contributed by atoms with E-state index in [4.69, 9.17) is 4.74 Å². The standard InChI is InChI=1S/C12H17F6NO/c1-3-4-5-6-10(20-2)9(7-8-19-10,11(13,14)15)12(16,17)18/h7-8,19H,3-6H2,1-2H3. The van der Waals surface area contributed by atoms with E-state index in [9.17, 15) is 26.3 Å². The zero-order valence-corrected chi connectivity index (χ0v) is 11.2. The molecular formula is C12H17F6NO. The van der Waals surface area contributed by atoms with Gasteiger partial charge in [-0.15, -0.1) is 0 Å². The van der Waals surface area contributed by atoms with Crippen molar-refractivity contribution in [1.82, 2.24) is 5.32 Å². The molecule has 1 unspecified atom stereocenters. The third-order valence-corrected chi connectivity index (χ3v) is 3.66. The maximum atomic E-state index is 13.2. The summed E-state index contributed by atoms with van der Waals surface area (Å²) in [6.07, 6.45) is -9.20. The molecule has 20 heavy (non-hydrogen) atoms. The second kappa shape index (κ2) is 5.46. The average Bonchev–Trinajstić information content (AvgIpc) is 2.69. The summed E-state index contributed by atoms with van der Waals surface area (Å²) in [4.78, 5) is 0. The first-order valence-electron chi connectivity index (χ1n) is 6.22. The summed E-state index contributed by atoms with van der Waals surface area (Å²) >= 11 is 0. The molecular weight excluding hydrogens is 288 g/mol. The number of rotatable bonds is 5. The third kappa shape index (κ3) is 2.38. The van der Waals surface area contributed by atoms with E-state index in [-0.39, 0.29) is 18.9 Å². The molecule has 118 valence electrons. The van der Waals surface area contributed by atoms with Crippen LogP contribution in [-0.4, -0.2) is 25.2 Å². The highest BCUT2D eigenvalue weighted by atomic mass is 19.4. The van der Waals surface area contributed by atoms with E-state index in [2.05, 4.69) is 5.32 Å². The van der Waals surface area contributed by atoms with Crippen molar-refractivity contribution in [1.29, 1.82) is 0 Å². The Hall–Kier alpha value is -0.920. The van der Waals surface area contributed by atoms with Crippen molar-refractivity contribution >= 4 is 0 Å². The maximum Gasteiger partial charge on any atom is 0.411 e. The highest BCUT2D eigenvalue weighted by Crippen LogP contribution is 2.60. The lowest BCUT2D eigenvalue weighted by molar-refractivity contribution is -0.372. The normalized spacial score (nSPS) is 25.8. The predicted octanol–water partition coefficient (Wildman–Crippen LogP) is 4.14. The monoisotopic (exact) mass is 305 g/mol. The van der Waals surface area contributed by atoms with Crippen LogP contribution in [0.3, 0.4) is 0 Å². The van der Waals surface area contributed by atoms with Crippen molar-refractivity contribution in [2.75, 3.05) is 7.11 Å². The SMILES string of the molecule is CCCCCC1(OC)NC=CC1(C(F)(F)F)C(F)(F)F. The van der Waals surface area contributed by atoms with E-state index >= 15 is 0 Å². The van der Waals surface area contributed by atoms with Gasteiger partial charge in [0.1, 0.15) is 0 Å². The lowest BCUT2D eigenvalue weighted by Gasteiger charge is -2.45. The Labute approximate surface area is 113 Å². The zero-order chi connectivity index (χ0) is 15.7. The minimum absolute atomic E-state index is 0.114. The summed E-state index contributed by atoms with van der Waals surface area (Å²) in [5.41, 5.74) is -6.58. The highest BCUT2D eigenvalue weighted by molar-refractivity contribution is 5.23. The predicted molar refractivity (Wildman–Crippen MR) is 60.7 cm³/mol. The summed E-state index contributed by atoms with van der Waals surface area (Å²) in [5.74, 6) is 0. The molecule has 8 heteroatoms. The molecule has 1 atom stereocenters. The molecule has 1 N–H and O–H groups in total. The molecule has 1 aliphatic rings. The van der Waals surface area contributed by atoms with Crippen LogP contribution in [0.25, 0.3) is 0 Å². The van der Waals surface area contributed by atoms with Crippen molar-refractivity contribution in [3.05, 3.63) is 12.3 Å². The number of nitrogens with one attached hydrogen (secondary N) is 1. The summed E-state index contributed by atoms with van der Waals surface area (Å²) < 4.78 is 84.0. The Morgan fingerprint density at radius 3 is 2.00 bits per heavy atom. The van der Waals surface area contributed by atoms with Gasteiger partial charge in [0.25, 0.3) is 0 Å². The summed E-state index contributed by atoms with van der Waals surface area (Å²) in [6.45, 7) is 1.81. The summed E-state index contributed by atoms with van der Waals surface area (Å²) in [5, 5.41) is 2.14. The van der Waals surface area contributed by atoms with Crippen LogP contribution in [-0.2, 0) is 4.74 Å². The summed E-state index contributed by atoms with van der Waals surface area (Å²) in [6, 6.07) is 0. The Bertz CT molecular complexity index is 348. The van der Waals surface area contributed by atoms with Gasteiger partial charge in [-0.05, 0) is 25.1 Å². The molecule has 0 aromatic rings. The van der Waals surface area contributed by atoms with E-state index in [0.29, 0.717) is 19.0 Å². The van der Waals surface area contributed by atoms with Crippen LogP contribution in [0.2, 0.25) is 0 Å². The molecule has 1 heterocycles. The first-order valence-corrected chi connectivity index (χ1v) is 6.22. The molecule has 0 bridgehead atoms. The number of halogens is 6. The molecule has 0 amide bonds. The van der Waals surface area contributed by atoms with Crippen molar-refractivity contribution < 1.29 is 31.1 Å². The van der Waals surface area contributed by atoms with E-state index in [1.807, 2.05) is 0 Å². The van der Waals surface area contributed by atoms with Gasteiger partial charge in [-0.2, -0.15) is 26.3 Å². The third-order valence-electron chi connectivity index (χ3n) is 3.66. The van der Waals surface area contributed by atoms with Gasteiger partial charge in [-0.25, -0.2) is 0 Å². The van der Waals surface area contributed by atoms with Gasteiger partial charge in [0.15, 0.2) is 5.72 Å². The van der Waals surface area contributed by atoms with E-state index in [1.54, 1.807) is 6.92 Å². The largest absolute Gasteiger partial charge is 0.411 e.